The molecule has 0 unspecified atom stereocenters. The van der Waals surface area contributed by atoms with Crippen molar-refractivity contribution in [3.05, 3.63) is 35.9 Å². The van der Waals surface area contributed by atoms with Gasteiger partial charge in [0.05, 0.1) is 0 Å². The molecule has 1 aromatic rings. The first-order valence-corrected chi connectivity index (χ1v) is 9.14. The molecule has 1 aliphatic rings. The normalized spacial score (nSPS) is 15.6. The third kappa shape index (κ3) is 4.83. The van der Waals surface area contributed by atoms with Gasteiger partial charge in [0.2, 0.25) is 11.8 Å². The summed E-state index contributed by atoms with van der Waals surface area (Å²) in [6.45, 7) is 8.86. The van der Waals surface area contributed by atoms with Gasteiger partial charge in [-0.05, 0) is 24.8 Å². The van der Waals surface area contributed by atoms with E-state index in [1.807, 2.05) is 41.8 Å². The topological polar surface area (TPSA) is 40.6 Å². The van der Waals surface area contributed by atoms with Gasteiger partial charge in [-0.2, -0.15) is 0 Å². The maximum absolute atomic E-state index is 12.9. The van der Waals surface area contributed by atoms with Gasteiger partial charge in [-0.15, -0.1) is 0 Å². The lowest BCUT2D eigenvalue weighted by Crippen LogP contribution is -2.45. The van der Waals surface area contributed by atoms with Crippen molar-refractivity contribution in [3.8, 4) is 0 Å². The van der Waals surface area contributed by atoms with Gasteiger partial charge in [-0.1, -0.05) is 51.1 Å². The molecule has 1 aliphatic heterocycles. The molecule has 4 nitrogen and oxygen atoms in total. The van der Waals surface area contributed by atoms with Crippen LogP contribution in [0.1, 0.15) is 45.6 Å². The van der Waals surface area contributed by atoms with Crippen LogP contribution in [0, 0.1) is 11.8 Å². The van der Waals surface area contributed by atoms with Crippen LogP contribution in [0.3, 0.4) is 0 Å². The Kier molecular flexibility index (Phi) is 6.83. The summed E-state index contributed by atoms with van der Waals surface area (Å²) < 4.78 is 0. The number of piperidine rings is 1. The lowest BCUT2D eigenvalue weighted by molar-refractivity contribution is -0.142. The maximum Gasteiger partial charge on any atom is 0.226 e. The van der Waals surface area contributed by atoms with Crippen LogP contribution in [0.25, 0.3) is 0 Å². The molecule has 2 rings (SSSR count). The molecule has 0 aliphatic carbocycles. The van der Waals surface area contributed by atoms with E-state index in [0.29, 0.717) is 19.6 Å². The fourth-order valence-electron chi connectivity index (χ4n) is 3.31. The zero-order chi connectivity index (χ0) is 17.5. The lowest BCUT2D eigenvalue weighted by atomic mass is 9.94. The largest absolute Gasteiger partial charge is 0.342 e. The maximum atomic E-state index is 12.9. The van der Waals surface area contributed by atoms with E-state index in [9.17, 15) is 9.59 Å². The first-order valence-electron chi connectivity index (χ1n) is 9.14. The summed E-state index contributed by atoms with van der Waals surface area (Å²) in [6.07, 6.45) is 2.53. The highest BCUT2D eigenvalue weighted by Crippen LogP contribution is 2.22. The summed E-state index contributed by atoms with van der Waals surface area (Å²) in [5.74, 6) is 0.538. The van der Waals surface area contributed by atoms with Crippen molar-refractivity contribution in [1.29, 1.82) is 0 Å². The zero-order valence-electron chi connectivity index (χ0n) is 15.2. The van der Waals surface area contributed by atoms with Gasteiger partial charge in [0.1, 0.15) is 0 Å². The number of rotatable bonds is 6. The van der Waals surface area contributed by atoms with Crippen LogP contribution in [0.2, 0.25) is 0 Å². The number of hydrogen-bond donors (Lipinski definition) is 0. The Balaban J connectivity index is 1.94. The predicted octanol–water partition coefficient (Wildman–Crippen LogP) is 3.32. The number of carbonyl (C=O) groups excluding carboxylic acids is 2. The minimum absolute atomic E-state index is 0.0342. The van der Waals surface area contributed by atoms with Crippen LogP contribution in [-0.4, -0.2) is 41.2 Å². The van der Waals surface area contributed by atoms with Gasteiger partial charge in [0.15, 0.2) is 0 Å². The Morgan fingerprint density at radius 2 is 1.79 bits per heavy atom. The molecule has 1 aromatic carbocycles. The minimum Gasteiger partial charge on any atom is -0.342 e. The number of hydrogen-bond acceptors (Lipinski definition) is 2. The second kappa shape index (κ2) is 8.86. The third-order valence-electron chi connectivity index (χ3n) is 4.67. The summed E-state index contributed by atoms with van der Waals surface area (Å²) >= 11 is 0. The van der Waals surface area contributed by atoms with Gasteiger partial charge in [0, 0.05) is 38.0 Å². The molecule has 24 heavy (non-hydrogen) atoms. The molecular weight excluding hydrogens is 300 g/mol. The molecule has 0 atom stereocenters. The van der Waals surface area contributed by atoms with Gasteiger partial charge in [-0.25, -0.2) is 0 Å². The molecule has 4 heteroatoms. The summed E-state index contributed by atoms with van der Waals surface area (Å²) in [5, 5.41) is 0. The van der Waals surface area contributed by atoms with Crippen LogP contribution >= 0.6 is 0 Å². The predicted molar refractivity (Wildman–Crippen MR) is 96.3 cm³/mol. The van der Waals surface area contributed by atoms with Gasteiger partial charge in [-0.3, -0.25) is 9.59 Å². The van der Waals surface area contributed by atoms with Gasteiger partial charge in [0.25, 0.3) is 0 Å². The fraction of sp³-hybridized carbons (Fsp3) is 0.600. The summed E-state index contributed by atoms with van der Waals surface area (Å²) in [5.41, 5.74) is 1.17. The summed E-state index contributed by atoms with van der Waals surface area (Å²) in [4.78, 5) is 28.9. The Bertz CT molecular complexity index is 534. The average Bonchev–Trinajstić information content (AvgIpc) is 2.61. The smallest absolute Gasteiger partial charge is 0.226 e. The van der Waals surface area contributed by atoms with Crippen molar-refractivity contribution in [2.24, 2.45) is 11.8 Å². The molecule has 1 fully saturated rings. The molecule has 1 saturated heterocycles. The van der Waals surface area contributed by atoms with E-state index in [1.54, 1.807) is 0 Å². The molecule has 0 saturated carbocycles. The van der Waals surface area contributed by atoms with Gasteiger partial charge >= 0.3 is 0 Å². The van der Waals surface area contributed by atoms with Crippen LogP contribution in [0.5, 0.6) is 0 Å². The molecule has 0 bridgehead atoms. The number of likely N-dealkylation sites (tertiary alicyclic amines) is 1. The Hall–Kier alpha value is -1.84. The Morgan fingerprint density at radius 3 is 2.33 bits per heavy atom. The van der Waals surface area contributed by atoms with E-state index in [-0.39, 0.29) is 23.7 Å². The van der Waals surface area contributed by atoms with Crippen LogP contribution in [-0.2, 0) is 16.1 Å². The van der Waals surface area contributed by atoms with Gasteiger partial charge < -0.3 is 9.80 Å². The van der Waals surface area contributed by atoms with E-state index in [2.05, 4.69) is 19.1 Å². The monoisotopic (exact) mass is 330 g/mol. The number of nitrogens with zero attached hydrogens (tertiary/aromatic N) is 2. The SMILES string of the molecule is CCCN(Cc1ccccc1)C(=O)C1CCN(C(=O)C(C)C)CC1. The molecule has 0 spiro atoms. The molecule has 1 heterocycles. The number of carbonyl (C=O) groups is 2. The van der Waals surface area contributed by atoms with Crippen molar-refractivity contribution in [1.82, 2.24) is 9.80 Å². The molecule has 132 valence electrons. The van der Waals surface area contributed by atoms with Crippen molar-refractivity contribution in [2.75, 3.05) is 19.6 Å². The first kappa shape index (κ1) is 18.5. The first-order chi connectivity index (χ1) is 11.5. The lowest BCUT2D eigenvalue weighted by Gasteiger charge is -2.35. The van der Waals surface area contributed by atoms with E-state index in [4.69, 9.17) is 0 Å². The quantitative estimate of drug-likeness (QED) is 0.803. The highest BCUT2D eigenvalue weighted by Gasteiger charge is 2.30. The van der Waals surface area contributed by atoms with Crippen LogP contribution in [0.15, 0.2) is 30.3 Å². The Morgan fingerprint density at radius 1 is 1.17 bits per heavy atom. The minimum atomic E-state index is 0.0342. The molecule has 0 N–H and O–H groups in total. The van der Waals surface area contributed by atoms with E-state index in [0.717, 1.165) is 25.8 Å². The number of benzene rings is 1. The molecule has 2 amide bonds. The molecule has 0 radical (unpaired) electrons. The van der Waals surface area contributed by atoms with E-state index >= 15 is 0 Å². The highest BCUT2D eigenvalue weighted by atomic mass is 16.2. The number of amides is 2. The molecule has 0 aromatic heterocycles. The average molecular weight is 330 g/mol. The second-order valence-electron chi connectivity index (χ2n) is 7.00. The third-order valence-corrected chi connectivity index (χ3v) is 4.67. The zero-order valence-corrected chi connectivity index (χ0v) is 15.2. The van der Waals surface area contributed by atoms with Crippen molar-refractivity contribution >= 4 is 11.8 Å². The fourth-order valence-corrected chi connectivity index (χ4v) is 3.31. The van der Waals surface area contributed by atoms with E-state index < -0.39 is 0 Å². The Labute approximate surface area is 145 Å². The van der Waals surface area contributed by atoms with Crippen LogP contribution < -0.4 is 0 Å². The highest BCUT2D eigenvalue weighted by molar-refractivity contribution is 5.81. The standard InChI is InChI=1S/C20H30N2O2/c1-4-12-22(15-17-8-6-5-7-9-17)20(24)18-10-13-21(14-11-18)19(23)16(2)3/h5-9,16,18H,4,10-15H2,1-3H3. The van der Waals surface area contributed by atoms with E-state index in [1.165, 1.54) is 5.56 Å². The van der Waals surface area contributed by atoms with Crippen molar-refractivity contribution in [3.63, 3.8) is 0 Å². The van der Waals surface area contributed by atoms with Crippen molar-refractivity contribution < 1.29 is 9.59 Å². The molecular formula is C20H30N2O2. The van der Waals surface area contributed by atoms with Crippen LogP contribution in [0.4, 0.5) is 0 Å². The summed E-state index contributed by atoms with van der Waals surface area (Å²) in [7, 11) is 0. The van der Waals surface area contributed by atoms with Crippen molar-refractivity contribution in [2.45, 2.75) is 46.6 Å². The second-order valence-corrected chi connectivity index (χ2v) is 7.00. The summed E-state index contributed by atoms with van der Waals surface area (Å²) in [6, 6.07) is 10.2.